The number of aryl methyl sites for hydroxylation is 1. The fraction of sp³-hybridized carbons (Fsp3) is 0.333. The zero-order chi connectivity index (χ0) is 18.6. The van der Waals surface area contributed by atoms with Crippen LogP contribution in [-0.2, 0) is 15.1 Å². The normalized spacial score (nSPS) is 11.2. The third kappa shape index (κ3) is 4.15. The molecular weight excluding hydrogens is 314 g/mol. The molecule has 0 unspecified atom stereocenters. The Balaban J connectivity index is 2.37. The predicted octanol–water partition coefficient (Wildman–Crippen LogP) is 4.51. The molecular formula is C21H25NO3. The molecule has 0 bridgehead atoms. The highest BCUT2D eigenvalue weighted by molar-refractivity contribution is 5.89. The first-order valence-electron chi connectivity index (χ1n) is 8.29. The molecule has 4 nitrogen and oxygen atoms in total. The molecule has 0 amide bonds. The number of hydrogen-bond donors (Lipinski definition) is 0. The lowest BCUT2D eigenvalue weighted by Gasteiger charge is -2.26. The fourth-order valence-corrected chi connectivity index (χ4v) is 2.71. The molecule has 0 aliphatic carbocycles. The largest absolute Gasteiger partial charge is 0.465 e. The molecule has 0 N–H and O–H groups in total. The van der Waals surface area contributed by atoms with E-state index in [1.807, 2.05) is 13.8 Å². The van der Waals surface area contributed by atoms with Crippen molar-refractivity contribution in [2.45, 2.75) is 33.3 Å². The number of methoxy groups -OCH3 is 1. The Bertz CT molecular complexity index is 776. The van der Waals surface area contributed by atoms with E-state index in [0.29, 0.717) is 12.2 Å². The van der Waals surface area contributed by atoms with Crippen molar-refractivity contribution in [2.75, 3.05) is 13.7 Å². The maximum absolute atomic E-state index is 11.5. The number of benzene rings is 1. The van der Waals surface area contributed by atoms with E-state index in [2.05, 4.69) is 43.6 Å². The molecule has 0 atom stereocenters. The van der Waals surface area contributed by atoms with Gasteiger partial charge in [-0.3, -0.25) is 4.98 Å². The minimum atomic E-state index is -0.402. The maximum atomic E-state index is 11.5. The Hall–Kier alpha value is -2.46. The van der Waals surface area contributed by atoms with Crippen molar-refractivity contribution >= 4 is 11.5 Å². The predicted molar refractivity (Wildman–Crippen MR) is 99.5 cm³/mol. The molecule has 0 spiro atoms. The van der Waals surface area contributed by atoms with Gasteiger partial charge < -0.3 is 9.47 Å². The minimum Gasteiger partial charge on any atom is -0.465 e. The molecule has 2 rings (SSSR count). The number of esters is 1. The second-order valence-electron chi connectivity index (χ2n) is 6.38. The second-order valence-corrected chi connectivity index (χ2v) is 6.38. The van der Waals surface area contributed by atoms with Gasteiger partial charge in [-0.1, -0.05) is 18.7 Å². The highest BCUT2D eigenvalue weighted by Gasteiger charge is 2.22. The zero-order valence-electron chi connectivity index (χ0n) is 15.6. The molecule has 0 aliphatic rings. The van der Waals surface area contributed by atoms with Gasteiger partial charge in [0.1, 0.15) is 0 Å². The maximum Gasteiger partial charge on any atom is 0.339 e. The molecule has 1 aromatic carbocycles. The summed E-state index contributed by atoms with van der Waals surface area (Å²) in [6.45, 7) is 13.0. The van der Waals surface area contributed by atoms with Crippen LogP contribution in [-0.4, -0.2) is 24.7 Å². The van der Waals surface area contributed by atoms with Crippen LogP contribution in [0.3, 0.4) is 0 Å². The lowest BCUT2D eigenvalue weighted by atomic mass is 9.90. The topological polar surface area (TPSA) is 48.4 Å². The Labute approximate surface area is 149 Å². The summed E-state index contributed by atoms with van der Waals surface area (Å²) in [7, 11) is 1.35. The van der Waals surface area contributed by atoms with Crippen LogP contribution in [0.15, 0.2) is 43.1 Å². The number of carbonyl (C=O) groups is 1. The van der Waals surface area contributed by atoms with Gasteiger partial charge in [-0.15, -0.1) is 0 Å². The van der Waals surface area contributed by atoms with Crippen LogP contribution in [0.5, 0.6) is 0 Å². The van der Waals surface area contributed by atoms with Gasteiger partial charge in [-0.05, 0) is 62.6 Å². The number of hydrogen-bond acceptors (Lipinski definition) is 4. The molecule has 0 radical (unpaired) electrons. The van der Waals surface area contributed by atoms with Gasteiger partial charge in [-0.2, -0.15) is 0 Å². The molecule has 132 valence electrons. The lowest BCUT2D eigenvalue weighted by Crippen LogP contribution is -2.21. The summed E-state index contributed by atoms with van der Waals surface area (Å²) in [5, 5.41) is 0. The molecule has 0 saturated carbocycles. The van der Waals surface area contributed by atoms with Gasteiger partial charge in [0.25, 0.3) is 0 Å². The average Bonchev–Trinajstić information content (AvgIpc) is 2.60. The highest BCUT2D eigenvalue weighted by atomic mass is 16.5. The van der Waals surface area contributed by atoms with Crippen LogP contribution in [0, 0.1) is 6.92 Å². The third-order valence-electron chi connectivity index (χ3n) is 4.26. The van der Waals surface area contributed by atoms with Crippen molar-refractivity contribution in [3.63, 3.8) is 0 Å². The SMILES string of the molecule is C=C(c1ccc(C(=O)OC)cn1)c1cc(C(C)(C)OCC)ccc1C. The van der Waals surface area contributed by atoms with E-state index < -0.39 is 5.97 Å². The standard InChI is InChI=1S/C21H25NO3/c1-7-25-21(4,5)17-10-8-14(2)18(12-17)15(3)19-11-9-16(13-22-19)20(23)24-6/h8-13H,3,7H2,1-2,4-6H3. The molecule has 2 aromatic rings. The molecule has 1 aromatic heterocycles. The van der Waals surface area contributed by atoms with E-state index in [0.717, 1.165) is 28.0 Å². The van der Waals surface area contributed by atoms with Crippen molar-refractivity contribution in [3.05, 3.63) is 71.1 Å². The van der Waals surface area contributed by atoms with Crippen LogP contribution in [0.25, 0.3) is 5.57 Å². The summed E-state index contributed by atoms with van der Waals surface area (Å²) in [5.41, 5.74) is 4.79. The summed E-state index contributed by atoms with van der Waals surface area (Å²) in [4.78, 5) is 15.9. The van der Waals surface area contributed by atoms with Gasteiger partial charge in [-0.25, -0.2) is 4.79 Å². The van der Waals surface area contributed by atoms with Gasteiger partial charge in [0, 0.05) is 18.4 Å². The Kier molecular flexibility index (Phi) is 5.75. The van der Waals surface area contributed by atoms with E-state index in [9.17, 15) is 4.79 Å². The Morgan fingerprint density at radius 1 is 1.24 bits per heavy atom. The number of nitrogens with zero attached hydrogens (tertiary/aromatic N) is 1. The first-order chi connectivity index (χ1) is 11.8. The second kappa shape index (κ2) is 7.62. The van der Waals surface area contributed by atoms with Gasteiger partial charge in [0.2, 0.25) is 0 Å². The van der Waals surface area contributed by atoms with E-state index in [1.54, 1.807) is 12.1 Å². The smallest absolute Gasteiger partial charge is 0.339 e. The minimum absolute atomic E-state index is 0.375. The molecule has 25 heavy (non-hydrogen) atoms. The first kappa shape index (κ1) is 18.9. The molecule has 0 aliphatic heterocycles. The fourth-order valence-electron chi connectivity index (χ4n) is 2.71. The Morgan fingerprint density at radius 2 is 1.96 bits per heavy atom. The van der Waals surface area contributed by atoms with Crippen molar-refractivity contribution in [1.29, 1.82) is 0 Å². The third-order valence-corrected chi connectivity index (χ3v) is 4.26. The summed E-state index contributed by atoms with van der Waals surface area (Å²) >= 11 is 0. The van der Waals surface area contributed by atoms with Crippen LogP contribution in [0.4, 0.5) is 0 Å². The Morgan fingerprint density at radius 3 is 2.52 bits per heavy atom. The number of carbonyl (C=O) groups excluding carboxylic acids is 1. The number of aromatic nitrogens is 1. The molecule has 1 heterocycles. The average molecular weight is 339 g/mol. The van der Waals surface area contributed by atoms with Crippen molar-refractivity contribution in [1.82, 2.24) is 4.98 Å². The highest BCUT2D eigenvalue weighted by Crippen LogP contribution is 2.30. The van der Waals surface area contributed by atoms with Crippen LogP contribution in [0.2, 0.25) is 0 Å². The van der Waals surface area contributed by atoms with Crippen molar-refractivity contribution in [2.24, 2.45) is 0 Å². The zero-order valence-corrected chi connectivity index (χ0v) is 15.6. The summed E-state index contributed by atoms with van der Waals surface area (Å²) in [5.74, 6) is -0.402. The quantitative estimate of drug-likeness (QED) is 0.727. The summed E-state index contributed by atoms with van der Waals surface area (Å²) in [6, 6.07) is 9.73. The summed E-state index contributed by atoms with van der Waals surface area (Å²) in [6.07, 6.45) is 1.51. The van der Waals surface area contributed by atoms with Gasteiger partial charge in [0.05, 0.1) is 24.0 Å². The van der Waals surface area contributed by atoms with Crippen molar-refractivity contribution in [3.8, 4) is 0 Å². The van der Waals surface area contributed by atoms with Crippen LogP contribution >= 0.6 is 0 Å². The molecule has 4 heteroatoms. The van der Waals surface area contributed by atoms with E-state index in [1.165, 1.54) is 13.3 Å². The lowest BCUT2D eigenvalue weighted by molar-refractivity contribution is -0.0140. The van der Waals surface area contributed by atoms with E-state index in [4.69, 9.17) is 9.47 Å². The number of pyridine rings is 1. The molecule has 0 fully saturated rings. The monoisotopic (exact) mass is 339 g/mol. The molecule has 0 saturated heterocycles. The van der Waals surface area contributed by atoms with Gasteiger partial charge >= 0.3 is 5.97 Å². The van der Waals surface area contributed by atoms with E-state index >= 15 is 0 Å². The first-order valence-corrected chi connectivity index (χ1v) is 8.29. The van der Waals surface area contributed by atoms with E-state index in [-0.39, 0.29) is 5.60 Å². The summed E-state index contributed by atoms with van der Waals surface area (Å²) < 4.78 is 10.6. The number of rotatable bonds is 6. The van der Waals surface area contributed by atoms with Crippen molar-refractivity contribution < 1.29 is 14.3 Å². The van der Waals surface area contributed by atoms with Crippen LogP contribution < -0.4 is 0 Å². The van der Waals surface area contributed by atoms with Gasteiger partial charge in [0.15, 0.2) is 0 Å². The number of ether oxygens (including phenoxy) is 2. The van der Waals surface area contributed by atoms with Crippen LogP contribution in [0.1, 0.15) is 53.5 Å².